The van der Waals surface area contributed by atoms with Crippen LogP contribution < -0.4 is 5.32 Å². The number of aromatic nitrogens is 1. The van der Waals surface area contributed by atoms with Crippen molar-refractivity contribution >= 4 is 22.7 Å². The average molecular weight is 258 g/mol. The van der Waals surface area contributed by atoms with Crippen molar-refractivity contribution in [2.75, 3.05) is 6.54 Å². The maximum absolute atomic E-state index is 12.2. The molecule has 2 rings (SSSR count). The first kappa shape index (κ1) is 13.3. The summed E-state index contributed by atoms with van der Waals surface area (Å²) in [4.78, 5) is 23.8. The Morgan fingerprint density at radius 1 is 1.26 bits per heavy atom. The number of para-hydroxylation sites is 1. The summed E-state index contributed by atoms with van der Waals surface area (Å²) < 4.78 is 1.51. The molecule has 4 nitrogen and oxygen atoms in total. The molecule has 0 spiro atoms. The maximum Gasteiger partial charge on any atom is 0.253 e. The molecule has 0 aliphatic heterocycles. The van der Waals surface area contributed by atoms with E-state index in [0.29, 0.717) is 18.0 Å². The van der Waals surface area contributed by atoms with Crippen LogP contribution >= 0.6 is 0 Å². The molecular weight excluding hydrogens is 240 g/mol. The third-order valence-electron chi connectivity index (χ3n) is 2.97. The van der Waals surface area contributed by atoms with Crippen LogP contribution in [0.3, 0.4) is 0 Å². The number of rotatable bonds is 3. The highest BCUT2D eigenvalue weighted by molar-refractivity contribution is 6.09. The molecule has 0 bridgehead atoms. The van der Waals surface area contributed by atoms with Gasteiger partial charge in [0, 0.05) is 25.1 Å². The standard InChI is InChI=1S/C15H18N2O2/c1-10(2)8-16-15(19)13-9-17(11(3)18)14-7-5-4-6-12(13)14/h4-7,9-10H,8H2,1-3H3,(H,16,19). The smallest absolute Gasteiger partial charge is 0.253 e. The summed E-state index contributed by atoms with van der Waals surface area (Å²) in [7, 11) is 0. The van der Waals surface area contributed by atoms with Crippen molar-refractivity contribution in [3.8, 4) is 0 Å². The Hall–Kier alpha value is -2.10. The molecule has 1 aromatic carbocycles. The van der Waals surface area contributed by atoms with Crippen molar-refractivity contribution in [2.45, 2.75) is 20.8 Å². The zero-order valence-electron chi connectivity index (χ0n) is 11.4. The van der Waals surface area contributed by atoms with E-state index in [0.717, 1.165) is 10.9 Å². The Labute approximate surface area is 112 Å². The summed E-state index contributed by atoms with van der Waals surface area (Å²) in [5, 5.41) is 3.68. The second-order valence-electron chi connectivity index (χ2n) is 5.05. The molecule has 0 aliphatic carbocycles. The van der Waals surface area contributed by atoms with Gasteiger partial charge in [-0.2, -0.15) is 0 Å². The molecule has 100 valence electrons. The van der Waals surface area contributed by atoms with Crippen LogP contribution in [0, 0.1) is 5.92 Å². The van der Waals surface area contributed by atoms with Crippen LogP contribution in [0.1, 0.15) is 35.9 Å². The van der Waals surface area contributed by atoms with Crippen LogP contribution in [-0.4, -0.2) is 22.9 Å². The third kappa shape index (κ3) is 2.67. The third-order valence-corrected chi connectivity index (χ3v) is 2.97. The number of nitrogens with zero attached hydrogens (tertiary/aromatic N) is 1. The monoisotopic (exact) mass is 258 g/mol. The lowest BCUT2D eigenvalue weighted by molar-refractivity contribution is 0.0941. The van der Waals surface area contributed by atoms with Gasteiger partial charge in [-0.25, -0.2) is 0 Å². The van der Waals surface area contributed by atoms with Crippen molar-refractivity contribution < 1.29 is 9.59 Å². The van der Waals surface area contributed by atoms with Crippen LogP contribution in [0.15, 0.2) is 30.5 Å². The first-order valence-electron chi connectivity index (χ1n) is 6.40. The van der Waals surface area contributed by atoms with Gasteiger partial charge in [0.15, 0.2) is 0 Å². The quantitative estimate of drug-likeness (QED) is 0.920. The number of carbonyl (C=O) groups excluding carboxylic acids is 2. The first-order chi connectivity index (χ1) is 9.00. The van der Waals surface area contributed by atoms with E-state index in [-0.39, 0.29) is 11.8 Å². The molecule has 1 heterocycles. The van der Waals surface area contributed by atoms with E-state index in [1.165, 1.54) is 11.5 Å². The molecular formula is C15H18N2O2. The fraction of sp³-hybridized carbons (Fsp3) is 0.333. The van der Waals surface area contributed by atoms with Crippen LogP contribution in [0.4, 0.5) is 0 Å². The second kappa shape index (κ2) is 5.26. The molecule has 0 fully saturated rings. The summed E-state index contributed by atoms with van der Waals surface area (Å²) in [6.45, 7) is 6.19. The van der Waals surface area contributed by atoms with Crippen LogP contribution in [0.25, 0.3) is 10.9 Å². The van der Waals surface area contributed by atoms with Gasteiger partial charge < -0.3 is 5.32 Å². The molecule has 1 amide bonds. The average Bonchev–Trinajstić information content (AvgIpc) is 2.75. The van der Waals surface area contributed by atoms with Crippen molar-refractivity contribution in [2.24, 2.45) is 5.92 Å². The van der Waals surface area contributed by atoms with Crippen LogP contribution in [-0.2, 0) is 0 Å². The Morgan fingerprint density at radius 3 is 2.58 bits per heavy atom. The summed E-state index contributed by atoms with van der Waals surface area (Å²) >= 11 is 0. The summed E-state index contributed by atoms with van der Waals surface area (Å²) in [6.07, 6.45) is 1.61. The largest absolute Gasteiger partial charge is 0.352 e. The molecule has 0 saturated carbocycles. The molecule has 0 radical (unpaired) electrons. The zero-order chi connectivity index (χ0) is 14.0. The first-order valence-corrected chi connectivity index (χ1v) is 6.40. The van der Waals surface area contributed by atoms with Crippen molar-refractivity contribution in [3.05, 3.63) is 36.0 Å². The second-order valence-corrected chi connectivity index (χ2v) is 5.05. The predicted octanol–water partition coefficient (Wildman–Crippen LogP) is 2.69. The molecule has 0 atom stereocenters. The normalized spacial score (nSPS) is 10.9. The number of hydrogen-bond donors (Lipinski definition) is 1. The minimum atomic E-state index is -0.134. The lowest BCUT2D eigenvalue weighted by atomic mass is 10.1. The van der Waals surface area contributed by atoms with E-state index in [2.05, 4.69) is 5.32 Å². The number of nitrogens with one attached hydrogen (secondary N) is 1. The highest BCUT2D eigenvalue weighted by atomic mass is 16.2. The maximum atomic E-state index is 12.2. The van der Waals surface area contributed by atoms with Gasteiger partial charge in [0.25, 0.3) is 5.91 Å². The van der Waals surface area contributed by atoms with E-state index in [1.807, 2.05) is 38.1 Å². The summed E-state index contributed by atoms with van der Waals surface area (Å²) in [6, 6.07) is 7.43. The van der Waals surface area contributed by atoms with Gasteiger partial charge in [-0.3, -0.25) is 14.2 Å². The van der Waals surface area contributed by atoms with E-state index in [9.17, 15) is 9.59 Å². The fourth-order valence-electron chi connectivity index (χ4n) is 2.01. The van der Waals surface area contributed by atoms with Gasteiger partial charge in [0.2, 0.25) is 5.91 Å². The van der Waals surface area contributed by atoms with Crippen molar-refractivity contribution in [1.82, 2.24) is 9.88 Å². The number of benzene rings is 1. The topological polar surface area (TPSA) is 51.1 Å². The molecule has 2 aromatic rings. The lowest BCUT2D eigenvalue weighted by Gasteiger charge is -2.06. The molecule has 0 unspecified atom stereocenters. The number of fused-ring (bicyclic) bond motifs is 1. The number of hydrogen-bond acceptors (Lipinski definition) is 2. The van der Waals surface area contributed by atoms with Gasteiger partial charge in [-0.15, -0.1) is 0 Å². The lowest BCUT2D eigenvalue weighted by Crippen LogP contribution is -2.27. The fourth-order valence-corrected chi connectivity index (χ4v) is 2.01. The zero-order valence-corrected chi connectivity index (χ0v) is 11.4. The number of carbonyl (C=O) groups is 2. The van der Waals surface area contributed by atoms with Gasteiger partial charge in [-0.05, 0) is 12.0 Å². The molecule has 0 saturated heterocycles. The Balaban J connectivity index is 2.43. The highest BCUT2D eigenvalue weighted by Gasteiger charge is 2.16. The van der Waals surface area contributed by atoms with E-state index in [1.54, 1.807) is 6.20 Å². The molecule has 0 aliphatic rings. The van der Waals surface area contributed by atoms with Gasteiger partial charge >= 0.3 is 0 Å². The highest BCUT2D eigenvalue weighted by Crippen LogP contribution is 2.21. The summed E-state index contributed by atoms with van der Waals surface area (Å²) in [5.41, 5.74) is 1.32. The van der Waals surface area contributed by atoms with Crippen LogP contribution in [0.2, 0.25) is 0 Å². The Kier molecular flexibility index (Phi) is 3.69. The van der Waals surface area contributed by atoms with Gasteiger partial charge in [0.1, 0.15) is 0 Å². The minimum absolute atomic E-state index is 0.0980. The van der Waals surface area contributed by atoms with Gasteiger partial charge in [-0.1, -0.05) is 32.0 Å². The molecule has 1 aromatic heterocycles. The van der Waals surface area contributed by atoms with Crippen LogP contribution in [0.5, 0.6) is 0 Å². The molecule has 4 heteroatoms. The summed E-state index contributed by atoms with van der Waals surface area (Å²) in [5.74, 6) is 0.161. The predicted molar refractivity (Wildman–Crippen MR) is 75.4 cm³/mol. The SMILES string of the molecule is CC(=O)n1cc(C(=O)NCC(C)C)c2ccccc21. The minimum Gasteiger partial charge on any atom is -0.352 e. The number of amides is 1. The van der Waals surface area contributed by atoms with E-state index < -0.39 is 0 Å². The Bertz CT molecular complexity index is 626. The van der Waals surface area contributed by atoms with Crippen molar-refractivity contribution in [3.63, 3.8) is 0 Å². The van der Waals surface area contributed by atoms with E-state index >= 15 is 0 Å². The molecule has 1 N–H and O–H groups in total. The van der Waals surface area contributed by atoms with Gasteiger partial charge in [0.05, 0.1) is 11.1 Å². The molecule has 19 heavy (non-hydrogen) atoms. The van der Waals surface area contributed by atoms with E-state index in [4.69, 9.17) is 0 Å². The Morgan fingerprint density at radius 2 is 1.95 bits per heavy atom. The van der Waals surface area contributed by atoms with Crippen molar-refractivity contribution in [1.29, 1.82) is 0 Å².